The van der Waals surface area contributed by atoms with Gasteiger partial charge in [-0.15, -0.1) is 0 Å². The first kappa shape index (κ1) is 22.7. The number of hydrogen-bond acceptors (Lipinski definition) is 6. The predicted molar refractivity (Wildman–Crippen MR) is 137 cm³/mol. The van der Waals surface area contributed by atoms with Gasteiger partial charge in [-0.05, 0) is 31.2 Å². The van der Waals surface area contributed by atoms with Crippen LogP contribution in [-0.2, 0) is 0 Å². The van der Waals surface area contributed by atoms with Crippen LogP contribution in [-0.4, -0.2) is 69.3 Å². The molecule has 3 heterocycles. The van der Waals surface area contributed by atoms with Gasteiger partial charge in [0, 0.05) is 56.7 Å². The first-order valence-electron chi connectivity index (χ1n) is 11.9. The molecule has 2 aromatic carbocycles. The van der Waals surface area contributed by atoms with Crippen LogP contribution >= 0.6 is 0 Å². The molecule has 0 saturated carbocycles. The van der Waals surface area contributed by atoms with E-state index < -0.39 is 0 Å². The Hall–Kier alpha value is -4.04. The SMILES string of the molecule is CC(CN1CCN(c2ncccn2)CC1)NC(=O)c1cc(-c2ccccc2)nn1-c1ccccc1. The van der Waals surface area contributed by atoms with Gasteiger partial charge in [0.2, 0.25) is 5.95 Å². The average Bonchev–Trinajstić information content (AvgIpc) is 3.37. The lowest BCUT2D eigenvalue weighted by Crippen LogP contribution is -2.51. The minimum atomic E-state index is -0.132. The van der Waals surface area contributed by atoms with E-state index in [2.05, 4.69) is 25.1 Å². The summed E-state index contributed by atoms with van der Waals surface area (Å²) in [7, 11) is 0. The number of nitrogens with zero attached hydrogens (tertiary/aromatic N) is 6. The zero-order valence-corrected chi connectivity index (χ0v) is 19.8. The summed E-state index contributed by atoms with van der Waals surface area (Å²) in [4.78, 5) is 26.6. The molecule has 0 radical (unpaired) electrons. The van der Waals surface area contributed by atoms with Crippen LogP contribution < -0.4 is 10.2 Å². The van der Waals surface area contributed by atoms with Gasteiger partial charge in [-0.25, -0.2) is 14.6 Å². The average molecular weight is 468 g/mol. The lowest BCUT2D eigenvalue weighted by atomic mass is 10.1. The van der Waals surface area contributed by atoms with E-state index in [0.717, 1.165) is 55.6 Å². The molecule has 1 saturated heterocycles. The molecule has 8 heteroatoms. The molecule has 1 fully saturated rings. The molecule has 1 atom stereocenters. The second kappa shape index (κ2) is 10.5. The summed E-state index contributed by atoms with van der Waals surface area (Å²) in [5, 5.41) is 7.94. The number of rotatable bonds is 7. The number of nitrogens with one attached hydrogen (secondary N) is 1. The van der Waals surface area contributed by atoms with Gasteiger partial charge in [-0.2, -0.15) is 5.10 Å². The first-order chi connectivity index (χ1) is 17.2. The van der Waals surface area contributed by atoms with E-state index in [1.165, 1.54) is 0 Å². The van der Waals surface area contributed by atoms with Crippen LogP contribution in [0, 0.1) is 0 Å². The van der Waals surface area contributed by atoms with Crippen LogP contribution in [0.4, 0.5) is 5.95 Å². The highest BCUT2D eigenvalue weighted by Crippen LogP contribution is 2.22. The van der Waals surface area contributed by atoms with E-state index in [4.69, 9.17) is 5.10 Å². The Balaban J connectivity index is 1.26. The standard InChI is InChI=1S/C27H29N7O/c1-21(20-32-15-17-33(18-16-32)27-28-13-8-14-29-27)30-26(35)25-19-24(22-9-4-2-5-10-22)31-34(25)23-11-6-3-7-12-23/h2-14,19,21H,15-18,20H2,1H3,(H,30,35). The smallest absolute Gasteiger partial charge is 0.270 e. The van der Waals surface area contributed by atoms with Crippen molar-refractivity contribution in [3.8, 4) is 16.9 Å². The fourth-order valence-electron chi connectivity index (χ4n) is 4.37. The molecule has 1 aliphatic rings. The van der Waals surface area contributed by atoms with E-state index in [1.807, 2.05) is 79.7 Å². The zero-order chi connectivity index (χ0) is 24.0. The number of para-hydroxylation sites is 1. The highest BCUT2D eigenvalue weighted by Gasteiger charge is 2.23. The molecule has 2 aromatic heterocycles. The van der Waals surface area contributed by atoms with Crippen molar-refractivity contribution in [1.82, 2.24) is 30.0 Å². The van der Waals surface area contributed by atoms with Gasteiger partial charge in [0.1, 0.15) is 5.69 Å². The van der Waals surface area contributed by atoms with Crippen molar-refractivity contribution in [2.45, 2.75) is 13.0 Å². The molecule has 178 valence electrons. The maximum absolute atomic E-state index is 13.4. The van der Waals surface area contributed by atoms with Crippen LogP contribution in [0.1, 0.15) is 17.4 Å². The molecule has 1 unspecified atom stereocenters. The van der Waals surface area contributed by atoms with Crippen molar-refractivity contribution < 1.29 is 4.79 Å². The molecular formula is C27H29N7O. The molecule has 4 aromatic rings. The number of hydrogen-bond donors (Lipinski definition) is 1. The highest BCUT2D eigenvalue weighted by molar-refractivity contribution is 5.94. The van der Waals surface area contributed by atoms with Crippen molar-refractivity contribution in [3.05, 3.63) is 90.9 Å². The topological polar surface area (TPSA) is 79.2 Å². The summed E-state index contributed by atoms with van der Waals surface area (Å²) in [5.74, 6) is 0.643. The second-order valence-corrected chi connectivity index (χ2v) is 8.74. The number of carbonyl (C=O) groups is 1. The lowest BCUT2D eigenvalue weighted by Gasteiger charge is -2.35. The van der Waals surface area contributed by atoms with Gasteiger partial charge >= 0.3 is 0 Å². The van der Waals surface area contributed by atoms with E-state index in [0.29, 0.717) is 5.69 Å². The molecule has 1 amide bonds. The Morgan fingerprint density at radius 2 is 1.57 bits per heavy atom. The minimum absolute atomic E-state index is 0.0127. The molecule has 5 rings (SSSR count). The van der Waals surface area contributed by atoms with Gasteiger partial charge in [-0.3, -0.25) is 9.69 Å². The van der Waals surface area contributed by atoms with Gasteiger partial charge in [0.15, 0.2) is 0 Å². The van der Waals surface area contributed by atoms with Crippen molar-refractivity contribution >= 4 is 11.9 Å². The fourth-order valence-corrected chi connectivity index (χ4v) is 4.37. The van der Waals surface area contributed by atoms with Gasteiger partial charge in [0.25, 0.3) is 5.91 Å². The van der Waals surface area contributed by atoms with Crippen LogP contribution in [0.3, 0.4) is 0 Å². The third-order valence-electron chi connectivity index (χ3n) is 6.13. The molecule has 0 spiro atoms. The Bertz CT molecular complexity index is 1240. The number of piperazine rings is 1. The molecule has 0 bridgehead atoms. The van der Waals surface area contributed by atoms with Crippen LogP contribution in [0.15, 0.2) is 85.2 Å². The number of amides is 1. The number of anilines is 1. The number of benzene rings is 2. The largest absolute Gasteiger partial charge is 0.347 e. The third-order valence-corrected chi connectivity index (χ3v) is 6.13. The fraction of sp³-hybridized carbons (Fsp3) is 0.259. The maximum Gasteiger partial charge on any atom is 0.270 e. The van der Waals surface area contributed by atoms with Crippen molar-refractivity contribution in [1.29, 1.82) is 0 Å². The Labute approximate surface area is 205 Å². The van der Waals surface area contributed by atoms with Crippen molar-refractivity contribution in [2.75, 3.05) is 37.6 Å². The summed E-state index contributed by atoms with van der Waals surface area (Å²) in [6.45, 7) is 6.36. The third kappa shape index (κ3) is 5.38. The van der Waals surface area contributed by atoms with E-state index in [9.17, 15) is 4.79 Å². The summed E-state index contributed by atoms with van der Waals surface area (Å²) < 4.78 is 1.73. The van der Waals surface area contributed by atoms with E-state index in [-0.39, 0.29) is 11.9 Å². The van der Waals surface area contributed by atoms with E-state index >= 15 is 0 Å². The van der Waals surface area contributed by atoms with Crippen LogP contribution in [0.25, 0.3) is 16.9 Å². The molecule has 0 aliphatic carbocycles. The lowest BCUT2D eigenvalue weighted by molar-refractivity contribution is 0.0920. The molecular weight excluding hydrogens is 438 g/mol. The number of carbonyl (C=O) groups excluding carboxylic acids is 1. The van der Waals surface area contributed by atoms with Gasteiger partial charge in [0.05, 0.1) is 11.4 Å². The molecule has 8 nitrogen and oxygen atoms in total. The zero-order valence-electron chi connectivity index (χ0n) is 19.8. The maximum atomic E-state index is 13.4. The van der Waals surface area contributed by atoms with Gasteiger partial charge in [-0.1, -0.05) is 48.5 Å². The van der Waals surface area contributed by atoms with E-state index in [1.54, 1.807) is 17.1 Å². The Morgan fingerprint density at radius 3 is 2.26 bits per heavy atom. The van der Waals surface area contributed by atoms with Crippen molar-refractivity contribution in [3.63, 3.8) is 0 Å². The normalized spacial score (nSPS) is 15.1. The summed E-state index contributed by atoms with van der Waals surface area (Å²) in [6, 6.07) is 23.4. The first-order valence-corrected chi connectivity index (χ1v) is 11.9. The molecule has 35 heavy (non-hydrogen) atoms. The Morgan fingerprint density at radius 1 is 0.914 bits per heavy atom. The van der Waals surface area contributed by atoms with Crippen molar-refractivity contribution in [2.24, 2.45) is 0 Å². The molecule has 1 aliphatic heterocycles. The summed E-state index contributed by atoms with van der Waals surface area (Å²) in [6.07, 6.45) is 3.55. The van der Waals surface area contributed by atoms with Crippen LogP contribution in [0.5, 0.6) is 0 Å². The highest BCUT2D eigenvalue weighted by atomic mass is 16.2. The predicted octanol–water partition coefficient (Wildman–Crippen LogP) is 3.27. The summed E-state index contributed by atoms with van der Waals surface area (Å²) >= 11 is 0. The monoisotopic (exact) mass is 467 g/mol. The van der Waals surface area contributed by atoms with Gasteiger partial charge < -0.3 is 10.2 Å². The number of aromatic nitrogens is 4. The minimum Gasteiger partial charge on any atom is -0.347 e. The summed E-state index contributed by atoms with van der Waals surface area (Å²) in [5.41, 5.74) is 3.12. The molecule has 1 N–H and O–H groups in total. The second-order valence-electron chi connectivity index (χ2n) is 8.74. The quantitative estimate of drug-likeness (QED) is 0.450. The Kier molecular flexibility index (Phi) is 6.81. The van der Waals surface area contributed by atoms with Crippen LogP contribution in [0.2, 0.25) is 0 Å².